The SMILES string of the molecule is O=C(Nc1ccccc1N1CCCCC1)[C@@H]1COc2ccccc2C1. The van der Waals surface area contributed by atoms with Crippen molar-refractivity contribution < 1.29 is 9.53 Å². The van der Waals surface area contributed by atoms with Crippen molar-refractivity contribution in [3.8, 4) is 5.75 Å². The van der Waals surface area contributed by atoms with Gasteiger partial charge in [0.05, 0.1) is 17.3 Å². The van der Waals surface area contributed by atoms with Gasteiger partial charge >= 0.3 is 0 Å². The molecule has 2 aliphatic rings. The van der Waals surface area contributed by atoms with Crippen molar-refractivity contribution in [1.82, 2.24) is 0 Å². The number of rotatable bonds is 3. The van der Waals surface area contributed by atoms with E-state index < -0.39 is 0 Å². The molecule has 2 aromatic rings. The second-order valence-corrected chi connectivity index (χ2v) is 6.87. The normalized spacial score (nSPS) is 19.7. The van der Waals surface area contributed by atoms with Crippen LogP contribution in [0.2, 0.25) is 0 Å². The van der Waals surface area contributed by atoms with Crippen LogP contribution < -0.4 is 15.0 Å². The van der Waals surface area contributed by atoms with Crippen LogP contribution in [0.3, 0.4) is 0 Å². The van der Waals surface area contributed by atoms with Crippen molar-refractivity contribution in [3.63, 3.8) is 0 Å². The summed E-state index contributed by atoms with van der Waals surface area (Å²) in [4.78, 5) is 15.2. The number of hydrogen-bond donors (Lipinski definition) is 1. The lowest BCUT2D eigenvalue weighted by Gasteiger charge is -2.31. The highest BCUT2D eigenvalue weighted by Crippen LogP contribution is 2.31. The number of ether oxygens (including phenoxy) is 1. The fourth-order valence-corrected chi connectivity index (χ4v) is 3.72. The van der Waals surface area contributed by atoms with Crippen molar-refractivity contribution in [2.24, 2.45) is 5.92 Å². The molecule has 4 rings (SSSR count). The number of nitrogens with zero attached hydrogens (tertiary/aromatic N) is 1. The van der Waals surface area contributed by atoms with E-state index in [4.69, 9.17) is 4.74 Å². The highest BCUT2D eigenvalue weighted by molar-refractivity contribution is 5.96. The minimum Gasteiger partial charge on any atom is -0.492 e. The summed E-state index contributed by atoms with van der Waals surface area (Å²) in [7, 11) is 0. The topological polar surface area (TPSA) is 41.6 Å². The van der Waals surface area contributed by atoms with Crippen LogP contribution in [-0.2, 0) is 11.2 Å². The number of para-hydroxylation sites is 3. The number of amides is 1. The summed E-state index contributed by atoms with van der Waals surface area (Å²) in [5, 5.41) is 3.15. The van der Waals surface area contributed by atoms with Gasteiger partial charge in [-0.1, -0.05) is 30.3 Å². The van der Waals surface area contributed by atoms with Crippen molar-refractivity contribution >= 4 is 17.3 Å². The van der Waals surface area contributed by atoms with Crippen LogP contribution in [-0.4, -0.2) is 25.6 Å². The molecule has 1 amide bonds. The fraction of sp³-hybridized carbons (Fsp3) is 0.381. The van der Waals surface area contributed by atoms with Crippen molar-refractivity contribution in [3.05, 3.63) is 54.1 Å². The number of hydrogen-bond acceptors (Lipinski definition) is 3. The zero-order chi connectivity index (χ0) is 17.1. The monoisotopic (exact) mass is 336 g/mol. The van der Waals surface area contributed by atoms with Crippen LogP contribution >= 0.6 is 0 Å². The number of carbonyl (C=O) groups is 1. The zero-order valence-corrected chi connectivity index (χ0v) is 14.4. The fourth-order valence-electron chi connectivity index (χ4n) is 3.72. The molecule has 0 saturated carbocycles. The van der Waals surface area contributed by atoms with Crippen molar-refractivity contribution in [2.75, 3.05) is 29.9 Å². The first-order valence-corrected chi connectivity index (χ1v) is 9.17. The third-order valence-electron chi connectivity index (χ3n) is 5.11. The van der Waals surface area contributed by atoms with Gasteiger partial charge in [0.15, 0.2) is 0 Å². The summed E-state index contributed by atoms with van der Waals surface area (Å²) in [6, 6.07) is 16.1. The molecule has 1 N–H and O–H groups in total. The molecule has 25 heavy (non-hydrogen) atoms. The van der Waals surface area contributed by atoms with E-state index in [1.165, 1.54) is 19.3 Å². The number of nitrogens with one attached hydrogen (secondary N) is 1. The lowest BCUT2D eigenvalue weighted by Crippen LogP contribution is -2.34. The van der Waals surface area contributed by atoms with E-state index in [9.17, 15) is 4.79 Å². The molecule has 2 aliphatic heterocycles. The second-order valence-electron chi connectivity index (χ2n) is 6.87. The predicted molar refractivity (Wildman–Crippen MR) is 100 cm³/mol. The Labute approximate surface area is 148 Å². The molecule has 0 aromatic heterocycles. The van der Waals surface area contributed by atoms with Gasteiger partial charge in [-0.15, -0.1) is 0 Å². The molecule has 2 aromatic carbocycles. The van der Waals surface area contributed by atoms with Gasteiger partial charge < -0.3 is 15.0 Å². The third-order valence-corrected chi connectivity index (χ3v) is 5.11. The first-order valence-electron chi connectivity index (χ1n) is 9.17. The Hall–Kier alpha value is -2.49. The first kappa shape index (κ1) is 16.0. The number of carbonyl (C=O) groups excluding carboxylic acids is 1. The Morgan fingerprint density at radius 2 is 1.76 bits per heavy atom. The highest BCUT2D eigenvalue weighted by Gasteiger charge is 2.26. The Morgan fingerprint density at radius 3 is 2.64 bits per heavy atom. The van der Waals surface area contributed by atoms with Crippen LogP contribution in [0.25, 0.3) is 0 Å². The maximum Gasteiger partial charge on any atom is 0.231 e. The first-order chi connectivity index (χ1) is 12.3. The maximum absolute atomic E-state index is 12.8. The van der Waals surface area contributed by atoms with Crippen LogP contribution in [0, 0.1) is 5.92 Å². The maximum atomic E-state index is 12.8. The molecule has 0 spiro atoms. The number of benzene rings is 2. The van der Waals surface area contributed by atoms with E-state index in [1.807, 2.05) is 42.5 Å². The minimum atomic E-state index is -0.149. The molecule has 1 atom stereocenters. The van der Waals surface area contributed by atoms with E-state index in [1.54, 1.807) is 0 Å². The van der Waals surface area contributed by atoms with Gasteiger partial charge in [0, 0.05) is 13.1 Å². The largest absolute Gasteiger partial charge is 0.492 e. The summed E-state index contributed by atoms with van der Waals surface area (Å²) in [6.45, 7) is 2.56. The molecular weight excluding hydrogens is 312 g/mol. The predicted octanol–water partition coefficient (Wildman–Crippen LogP) is 3.87. The van der Waals surface area contributed by atoms with Crippen molar-refractivity contribution in [1.29, 1.82) is 0 Å². The third kappa shape index (κ3) is 3.48. The van der Waals surface area contributed by atoms with Gasteiger partial charge in [-0.3, -0.25) is 4.79 Å². The van der Waals surface area contributed by atoms with E-state index in [-0.39, 0.29) is 11.8 Å². The van der Waals surface area contributed by atoms with Gasteiger partial charge in [0.25, 0.3) is 0 Å². The summed E-state index contributed by atoms with van der Waals surface area (Å²) in [6.07, 6.45) is 4.46. The van der Waals surface area contributed by atoms with Gasteiger partial charge in [-0.2, -0.15) is 0 Å². The Balaban J connectivity index is 1.48. The molecule has 2 heterocycles. The van der Waals surface area contributed by atoms with E-state index >= 15 is 0 Å². The van der Waals surface area contributed by atoms with Gasteiger partial charge in [-0.05, 0) is 49.4 Å². The summed E-state index contributed by atoms with van der Waals surface area (Å²) in [5.41, 5.74) is 3.15. The molecule has 0 bridgehead atoms. The minimum absolute atomic E-state index is 0.0407. The lowest BCUT2D eigenvalue weighted by molar-refractivity contribution is -0.121. The molecule has 4 nitrogen and oxygen atoms in total. The molecule has 1 fully saturated rings. The molecule has 130 valence electrons. The van der Waals surface area contributed by atoms with Crippen LogP contribution in [0.5, 0.6) is 5.75 Å². The van der Waals surface area contributed by atoms with Crippen LogP contribution in [0.4, 0.5) is 11.4 Å². The summed E-state index contributed by atoms with van der Waals surface area (Å²) < 4.78 is 5.77. The average Bonchev–Trinajstić information content (AvgIpc) is 2.68. The highest BCUT2D eigenvalue weighted by atomic mass is 16.5. The smallest absolute Gasteiger partial charge is 0.231 e. The van der Waals surface area contributed by atoms with Crippen LogP contribution in [0.15, 0.2) is 48.5 Å². The second kappa shape index (κ2) is 7.18. The Kier molecular flexibility index (Phi) is 4.59. The van der Waals surface area contributed by atoms with Gasteiger partial charge in [-0.25, -0.2) is 0 Å². The molecule has 0 unspecified atom stereocenters. The standard InChI is InChI=1S/C21H24N2O2/c24-21(17-14-16-8-2-5-11-20(16)25-15-17)22-18-9-3-4-10-19(18)23-12-6-1-7-13-23/h2-5,8-11,17H,1,6-7,12-15H2,(H,22,24)/t17-/m0/s1. The molecule has 0 aliphatic carbocycles. The average molecular weight is 336 g/mol. The Bertz CT molecular complexity index is 753. The van der Waals surface area contributed by atoms with Crippen LogP contribution in [0.1, 0.15) is 24.8 Å². The molecule has 0 radical (unpaired) electrons. The molecular formula is C21H24N2O2. The summed E-state index contributed by atoms with van der Waals surface area (Å²) >= 11 is 0. The number of anilines is 2. The van der Waals surface area contributed by atoms with E-state index in [0.717, 1.165) is 42.2 Å². The van der Waals surface area contributed by atoms with Gasteiger partial charge in [0.2, 0.25) is 5.91 Å². The number of fused-ring (bicyclic) bond motifs is 1. The Morgan fingerprint density at radius 1 is 1.00 bits per heavy atom. The quantitative estimate of drug-likeness (QED) is 0.925. The van der Waals surface area contributed by atoms with E-state index in [2.05, 4.69) is 16.3 Å². The van der Waals surface area contributed by atoms with Gasteiger partial charge in [0.1, 0.15) is 12.4 Å². The molecule has 1 saturated heterocycles. The molecule has 4 heteroatoms. The van der Waals surface area contributed by atoms with E-state index in [0.29, 0.717) is 6.61 Å². The van der Waals surface area contributed by atoms with Crippen molar-refractivity contribution in [2.45, 2.75) is 25.7 Å². The lowest BCUT2D eigenvalue weighted by atomic mass is 9.96. The zero-order valence-electron chi connectivity index (χ0n) is 14.4. The summed E-state index contributed by atoms with van der Waals surface area (Å²) in [5.74, 6) is 0.795. The number of piperidine rings is 1.